The molecule has 2 amide bonds. The summed E-state index contributed by atoms with van der Waals surface area (Å²) in [6, 6.07) is 15.9. The van der Waals surface area contributed by atoms with Crippen molar-refractivity contribution in [3.05, 3.63) is 89.0 Å². The summed E-state index contributed by atoms with van der Waals surface area (Å²) in [4.78, 5) is 31.4. The van der Waals surface area contributed by atoms with Crippen molar-refractivity contribution in [3.63, 3.8) is 0 Å². The zero-order valence-corrected chi connectivity index (χ0v) is 19.1. The van der Waals surface area contributed by atoms with Crippen LogP contribution in [0.25, 0.3) is 0 Å². The number of carbonyl (C=O) groups excluding carboxylic acids is 2. The number of aromatic nitrogens is 2. The smallest absolute Gasteiger partial charge is 0.251 e. The van der Waals surface area contributed by atoms with E-state index >= 15 is 0 Å². The van der Waals surface area contributed by atoms with Crippen molar-refractivity contribution in [1.82, 2.24) is 20.6 Å². The number of nitrogens with one attached hydrogen (secondary N) is 3. The molecule has 0 spiro atoms. The Morgan fingerprint density at radius 1 is 0.970 bits per heavy atom. The van der Waals surface area contributed by atoms with Gasteiger partial charge in [0.25, 0.3) is 5.91 Å². The zero-order valence-electron chi connectivity index (χ0n) is 19.1. The number of hydrogen-bond donors (Lipinski definition) is 4. The highest BCUT2D eigenvalue weighted by Gasteiger charge is 2.07. The summed E-state index contributed by atoms with van der Waals surface area (Å²) in [5.41, 5.74) is 10.8. The van der Waals surface area contributed by atoms with E-state index in [1.165, 1.54) is 11.1 Å². The molecule has 0 aliphatic carbocycles. The molecule has 1 heterocycles. The molecule has 0 unspecified atom stereocenters. The first-order valence-corrected chi connectivity index (χ1v) is 11.4. The first kappa shape index (κ1) is 24.2. The number of carbonyl (C=O) groups is 2. The Morgan fingerprint density at radius 2 is 1.67 bits per heavy atom. The van der Waals surface area contributed by atoms with E-state index in [-0.39, 0.29) is 17.9 Å². The number of benzene rings is 2. The topological polar surface area (TPSA) is 113 Å². The minimum absolute atomic E-state index is 0.0317. The van der Waals surface area contributed by atoms with E-state index in [0.29, 0.717) is 31.5 Å². The molecule has 0 saturated carbocycles. The molecule has 0 fully saturated rings. The summed E-state index contributed by atoms with van der Waals surface area (Å²) < 4.78 is 0. The minimum Gasteiger partial charge on any atom is -0.352 e. The molecule has 0 aliphatic heterocycles. The number of aromatic amines is 1. The lowest BCUT2D eigenvalue weighted by atomic mass is 10.0. The van der Waals surface area contributed by atoms with Gasteiger partial charge in [0, 0.05) is 49.4 Å². The maximum absolute atomic E-state index is 12.2. The molecule has 0 radical (unpaired) electrons. The lowest BCUT2D eigenvalue weighted by molar-refractivity contribution is -0.121. The average Bonchev–Trinajstić information content (AvgIpc) is 3.32. The molecular formula is C26H33N5O2. The van der Waals surface area contributed by atoms with Gasteiger partial charge in [0.1, 0.15) is 0 Å². The van der Waals surface area contributed by atoms with Crippen LogP contribution in [0, 0.1) is 0 Å². The van der Waals surface area contributed by atoms with Gasteiger partial charge in [0.2, 0.25) is 5.91 Å². The van der Waals surface area contributed by atoms with Gasteiger partial charge in [-0.2, -0.15) is 0 Å². The number of rotatable bonds is 12. The Balaban J connectivity index is 1.33. The lowest BCUT2D eigenvalue weighted by Gasteiger charge is -2.08. The maximum atomic E-state index is 12.2. The predicted molar refractivity (Wildman–Crippen MR) is 130 cm³/mol. The Labute approximate surface area is 195 Å². The number of H-pyrrole nitrogens is 1. The molecule has 2 aromatic carbocycles. The average molecular weight is 448 g/mol. The van der Waals surface area contributed by atoms with E-state index < -0.39 is 0 Å². The molecular weight excluding hydrogens is 414 g/mol. The van der Waals surface area contributed by atoms with Crippen LogP contribution in [0.15, 0.2) is 61.1 Å². The summed E-state index contributed by atoms with van der Waals surface area (Å²) in [7, 11) is 0. The Hall–Kier alpha value is -3.45. The maximum Gasteiger partial charge on any atom is 0.251 e. The number of imidazole rings is 1. The van der Waals surface area contributed by atoms with E-state index in [9.17, 15) is 9.59 Å². The summed E-state index contributed by atoms with van der Waals surface area (Å²) in [5, 5.41) is 5.84. The fourth-order valence-electron chi connectivity index (χ4n) is 3.56. The van der Waals surface area contributed by atoms with Gasteiger partial charge in [-0.3, -0.25) is 9.59 Å². The number of aryl methyl sites for hydroxylation is 1. The molecule has 0 saturated heterocycles. The van der Waals surface area contributed by atoms with Crippen molar-refractivity contribution in [1.29, 1.82) is 0 Å². The predicted octanol–water partition coefficient (Wildman–Crippen LogP) is 2.91. The Kier molecular flexibility index (Phi) is 9.20. The molecule has 7 nitrogen and oxygen atoms in total. The molecule has 0 aliphatic rings. The molecule has 1 atom stereocenters. The van der Waals surface area contributed by atoms with E-state index in [4.69, 9.17) is 5.73 Å². The van der Waals surface area contributed by atoms with Gasteiger partial charge in [-0.1, -0.05) is 36.4 Å². The van der Waals surface area contributed by atoms with Crippen molar-refractivity contribution in [3.8, 4) is 0 Å². The highest BCUT2D eigenvalue weighted by molar-refractivity contribution is 5.94. The van der Waals surface area contributed by atoms with Crippen molar-refractivity contribution in [2.24, 2.45) is 5.73 Å². The number of nitrogens with two attached hydrogens (primary N) is 1. The van der Waals surface area contributed by atoms with E-state index in [0.717, 1.165) is 30.5 Å². The molecule has 7 heteroatoms. The van der Waals surface area contributed by atoms with Crippen LogP contribution < -0.4 is 16.4 Å². The normalized spacial score (nSPS) is 11.7. The first-order valence-electron chi connectivity index (χ1n) is 11.4. The zero-order chi connectivity index (χ0) is 23.5. The largest absolute Gasteiger partial charge is 0.352 e. The van der Waals surface area contributed by atoms with Crippen LogP contribution in [-0.4, -0.2) is 34.4 Å². The number of amides is 2. The third-order valence-corrected chi connectivity index (χ3v) is 5.39. The van der Waals surface area contributed by atoms with Gasteiger partial charge < -0.3 is 21.4 Å². The standard InChI is InChI=1S/C26H33N5O2/c1-19(27)15-21-7-5-20(6-8-21)3-2-4-25(32)30-16-22-9-11-23(12-10-22)26(33)29-14-13-24-17-28-18-31-24/h5-12,17-19H,2-4,13-16,27H2,1H3,(H,28,31)(H,29,33)(H,30,32)/t19-/m1/s1. The van der Waals surface area contributed by atoms with Gasteiger partial charge in [0.15, 0.2) is 0 Å². The fraction of sp³-hybridized carbons (Fsp3) is 0.346. The fourth-order valence-corrected chi connectivity index (χ4v) is 3.56. The van der Waals surface area contributed by atoms with E-state index in [2.05, 4.69) is 44.9 Å². The van der Waals surface area contributed by atoms with Crippen molar-refractivity contribution in [2.75, 3.05) is 6.54 Å². The third-order valence-electron chi connectivity index (χ3n) is 5.39. The SMILES string of the molecule is C[C@@H](N)Cc1ccc(CCCC(=O)NCc2ccc(C(=O)NCCc3cnc[nH]3)cc2)cc1. The Morgan fingerprint density at radius 3 is 2.33 bits per heavy atom. The summed E-state index contributed by atoms with van der Waals surface area (Å²) >= 11 is 0. The minimum atomic E-state index is -0.115. The van der Waals surface area contributed by atoms with Crippen LogP contribution in [0.1, 0.15) is 52.5 Å². The summed E-state index contributed by atoms with van der Waals surface area (Å²) in [6.07, 6.45) is 7.10. The van der Waals surface area contributed by atoms with Gasteiger partial charge in [-0.25, -0.2) is 4.98 Å². The second-order valence-corrected chi connectivity index (χ2v) is 8.41. The molecule has 33 heavy (non-hydrogen) atoms. The third kappa shape index (κ3) is 8.54. The van der Waals surface area contributed by atoms with Gasteiger partial charge in [0.05, 0.1) is 6.33 Å². The van der Waals surface area contributed by atoms with E-state index in [1.807, 2.05) is 19.1 Å². The highest BCUT2D eigenvalue weighted by atomic mass is 16.2. The van der Waals surface area contributed by atoms with Crippen LogP contribution in [-0.2, 0) is 30.6 Å². The highest BCUT2D eigenvalue weighted by Crippen LogP contribution is 2.10. The molecule has 1 aromatic heterocycles. The quantitative estimate of drug-likeness (QED) is 0.342. The van der Waals surface area contributed by atoms with Crippen LogP contribution in [0.5, 0.6) is 0 Å². The molecule has 5 N–H and O–H groups in total. The van der Waals surface area contributed by atoms with Crippen LogP contribution in [0.3, 0.4) is 0 Å². The molecule has 0 bridgehead atoms. The second-order valence-electron chi connectivity index (χ2n) is 8.41. The summed E-state index contributed by atoms with van der Waals surface area (Å²) in [6.45, 7) is 2.99. The monoisotopic (exact) mass is 447 g/mol. The van der Waals surface area contributed by atoms with Crippen LogP contribution >= 0.6 is 0 Å². The van der Waals surface area contributed by atoms with Gasteiger partial charge in [-0.05, 0) is 55.0 Å². The first-order chi connectivity index (χ1) is 16.0. The number of nitrogens with zero attached hydrogens (tertiary/aromatic N) is 1. The lowest BCUT2D eigenvalue weighted by Crippen LogP contribution is -2.26. The Bertz CT molecular complexity index is 996. The molecule has 3 rings (SSSR count). The number of hydrogen-bond acceptors (Lipinski definition) is 4. The van der Waals surface area contributed by atoms with Crippen molar-refractivity contribution >= 4 is 11.8 Å². The second kappa shape index (κ2) is 12.6. The van der Waals surface area contributed by atoms with Crippen LogP contribution in [0.4, 0.5) is 0 Å². The summed E-state index contributed by atoms with van der Waals surface area (Å²) in [5.74, 6) is -0.0834. The van der Waals surface area contributed by atoms with Crippen molar-refractivity contribution in [2.45, 2.75) is 51.6 Å². The molecule has 3 aromatic rings. The van der Waals surface area contributed by atoms with E-state index in [1.54, 1.807) is 24.7 Å². The van der Waals surface area contributed by atoms with Gasteiger partial charge in [-0.15, -0.1) is 0 Å². The van der Waals surface area contributed by atoms with Crippen molar-refractivity contribution < 1.29 is 9.59 Å². The molecule has 174 valence electrons. The van der Waals surface area contributed by atoms with Gasteiger partial charge >= 0.3 is 0 Å². The van der Waals surface area contributed by atoms with Crippen LogP contribution in [0.2, 0.25) is 0 Å².